The fraction of sp³-hybridized carbons (Fsp3) is 0.286. The second-order valence-corrected chi connectivity index (χ2v) is 6.54. The van der Waals surface area contributed by atoms with Gasteiger partial charge >= 0.3 is 11.9 Å². The van der Waals surface area contributed by atoms with Crippen LogP contribution in [0.25, 0.3) is 0 Å². The third-order valence-corrected chi connectivity index (χ3v) is 4.45. The molecule has 30 heavy (non-hydrogen) atoms. The predicted octanol–water partition coefficient (Wildman–Crippen LogP) is 1.95. The number of hydrogen-bond acceptors (Lipinski definition) is 5. The summed E-state index contributed by atoms with van der Waals surface area (Å²) in [5, 5.41) is 14.8. The molecule has 8 nitrogen and oxygen atoms in total. The Hall–Kier alpha value is -3.46. The Kier molecular flexibility index (Phi) is 8.30. The van der Waals surface area contributed by atoms with Crippen LogP contribution in [0.1, 0.15) is 15.9 Å². The summed E-state index contributed by atoms with van der Waals surface area (Å²) >= 11 is 0. The minimum absolute atomic E-state index is 0.101. The van der Waals surface area contributed by atoms with Gasteiger partial charge in [0.25, 0.3) is 5.91 Å². The molecule has 2 aromatic rings. The minimum atomic E-state index is -1.82. The van der Waals surface area contributed by atoms with Gasteiger partial charge in [-0.3, -0.25) is 9.69 Å². The number of carbonyl (C=O) groups excluding carboxylic acids is 1. The van der Waals surface area contributed by atoms with Crippen molar-refractivity contribution in [1.29, 1.82) is 0 Å². The second-order valence-electron chi connectivity index (χ2n) is 6.54. The van der Waals surface area contributed by atoms with Crippen molar-refractivity contribution >= 4 is 17.8 Å². The summed E-state index contributed by atoms with van der Waals surface area (Å²) in [7, 11) is 1.66. The molecule has 0 radical (unpaired) electrons. The molecule has 0 spiro atoms. The van der Waals surface area contributed by atoms with E-state index < -0.39 is 11.9 Å². The van der Waals surface area contributed by atoms with Gasteiger partial charge in [0.1, 0.15) is 11.6 Å². The Balaban J connectivity index is 0.000000469. The summed E-state index contributed by atoms with van der Waals surface area (Å²) in [6.07, 6.45) is 0. The number of hydrogen-bond donors (Lipinski definition) is 2. The number of methoxy groups -OCH3 is 1. The van der Waals surface area contributed by atoms with Crippen LogP contribution in [0, 0.1) is 5.82 Å². The van der Waals surface area contributed by atoms with Crippen LogP contribution in [0.15, 0.2) is 48.5 Å². The molecule has 0 aromatic heterocycles. The first kappa shape index (κ1) is 22.8. The molecule has 1 fully saturated rings. The lowest BCUT2D eigenvalue weighted by molar-refractivity contribution is -0.159. The average Bonchev–Trinajstić information content (AvgIpc) is 2.74. The van der Waals surface area contributed by atoms with Crippen LogP contribution in [0.4, 0.5) is 4.39 Å². The van der Waals surface area contributed by atoms with E-state index in [1.165, 1.54) is 17.7 Å². The van der Waals surface area contributed by atoms with Gasteiger partial charge in [0.2, 0.25) is 0 Å². The van der Waals surface area contributed by atoms with Gasteiger partial charge in [-0.05, 0) is 35.9 Å². The van der Waals surface area contributed by atoms with Gasteiger partial charge in [0.05, 0.1) is 7.11 Å². The number of benzene rings is 2. The van der Waals surface area contributed by atoms with Crippen molar-refractivity contribution in [2.75, 3.05) is 33.3 Å². The van der Waals surface area contributed by atoms with Crippen molar-refractivity contribution in [3.63, 3.8) is 0 Å². The number of carboxylic acid groups (broad SMARTS) is 2. The first-order valence-corrected chi connectivity index (χ1v) is 9.16. The van der Waals surface area contributed by atoms with E-state index in [1.54, 1.807) is 24.1 Å². The van der Waals surface area contributed by atoms with Crippen LogP contribution < -0.4 is 4.74 Å². The Labute approximate surface area is 173 Å². The van der Waals surface area contributed by atoms with Crippen LogP contribution in [0.5, 0.6) is 5.75 Å². The highest BCUT2D eigenvalue weighted by Gasteiger charge is 2.22. The Morgan fingerprint density at radius 3 is 2.17 bits per heavy atom. The van der Waals surface area contributed by atoms with Crippen molar-refractivity contribution in [3.05, 3.63) is 65.5 Å². The van der Waals surface area contributed by atoms with E-state index >= 15 is 0 Å². The SMILES string of the molecule is COc1cccc(CN2CCN(C(=O)c3cccc(F)c3)CC2)c1.O=C(O)C(=O)O. The quantitative estimate of drug-likeness (QED) is 0.731. The first-order valence-electron chi connectivity index (χ1n) is 9.16. The summed E-state index contributed by atoms with van der Waals surface area (Å²) in [6, 6.07) is 13.9. The molecule has 1 amide bonds. The summed E-state index contributed by atoms with van der Waals surface area (Å²) in [6.45, 7) is 3.74. The van der Waals surface area contributed by atoms with Gasteiger partial charge in [-0.25, -0.2) is 14.0 Å². The third-order valence-electron chi connectivity index (χ3n) is 4.45. The van der Waals surface area contributed by atoms with Crippen molar-refractivity contribution in [2.45, 2.75) is 6.54 Å². The van der Waals surface area contributed by atoms with Crippen molar-refractivity contribution in [1.82, 2.24) is 9.80 Å². The van der Waals surface area contributed by atoms with Crippen LogP contribution in [0.3, 0.4) is 0 Å². The lowest BCUT2D eigenvalue weighted by Crippen LogP contribution is -2.48. The zero-order chi connectivity index (χ0) is 22.1. The van der Waals surface area contributed by atoms with E-state index in [9.17, 15) is 9.18 Å². The minimum Gasteiger partial charge on any atom is -0.497 e. The van der Waals surface area contributed by atoms with Crippen LogP contribution >= 0.6 is 0 Å². The Morgan fingerprint density at radius 1 is 0.967 bits per heavy atom. The number of piperazine rings is 1. The van der Waals surface area contributed by atoms with Crippen molar-refractivity contribution < 1.29 is 33.7 Å². The molecule has 1 aliphatic heterocycles. The van der Waals surface area contributed by atoms with E-state index in [0.29, 0.717) is 18.7 Å². The number of aliphatic carboxylic acids is 2. The molecule has 160 valence electrons. The highest BCUT2D eigenvalue weighted by Crippen LogP contribution is 2.16. The summed E-state index contributed by atoms with van der Waals surface area (Å²) in [5.41, 5.74) is 1.61. The molecule has 9 heteroatoms. The Morgan fingerprint density at radius 2 is 1.60 bits per heavy atom. The highest BCUT2D eigenvalue weighted by atomic mass is 19.1. The number of carbonyl (C=O) groups is 3. The van der Waals surface area contributed by atoms with Crippen LogP contribution in [-0.4, -0.2) is 71.1 Å². The molecule has 3 rings (SSSR count). The number of nitrogens with zero attached hydrogens (tertiary/aromatic N) is 2. The first-order chi connectivity index (χ1) is 14.3. The largest absolute Gasteiger partial charge is 0.497 e. The normalized spacial score (nSPS) is 13.7. The van der Waals surface area contributed by atoms with Gasteiger partial charge in [-0.15, -0.1) is 0 Å². The van der Waals surface area contributed by atoms with E-state index in [-0.39, 0.29) is 11.7 Å². The maximum atomic E-state index is 13.3. The molecule has 0 aliphatic carbocycles. The summed E-state index contributed by atoms with van der Waals surface area (Å²) in [5.74, 6) is -3.27. The number of amides is 1. The molecule has 0 unspecified atom stereocenters. The number of carboxylic acids is 2. The van der Waals surface area contributed by atoms with Gasteiger partial charge in [0.15, 0.2) is 0 Å². The van der Waals surface area contributed by atoms with Gasteiger partial charge < -0.3 is 19.8 Å². The molecule has 0 atom stereocenters. The van der Waals surface area contributed by atoms with E-state index in [2.05, 4.69) is 11.0 Å². The maximum Gasteiger partial charge on any atom is 0.414 e. The molecule has 2 N–H and O–H groups in total. The Bertz CT molecular complexity index is 885. The van der Waals surface area contributed by atoms with Gasteiger partial charge in [-0.1, -0.05) is 18.2 Å². The van der Waals surface area contributed by atoms with E-state index in [4.69, 9.17) is 24.5 Å². The molecule has 2 aromatic carbocycles. The van der Waals surface area contributed by atoms with Crippen LogP contribution in [-0.2, 0) is 16.1 Å². The molecular weight excluding hydrogens is 395 g/mol. The fourth-order valence-electron chi connectivity index (χ4n) is 2.94. The second kappa shape index (κ2) is 10.9. The third kappa shape index (κ3) is 6.85. The average molecular weight is 418 g/mol. The fourth-order valence-corrected chi connectivity index (χ4v) is 2.94. The summed E-state index contributed by atoms with van der Waals surface area (Å²) < 4.78 is 18.5. The molecule has 1 heterocycles. The topological polar surface area (TPSA) is 107 Å². The van der Waals surface area contributed by atoms with Crippen molar-refractivity contribution in [2.24, 2.45) is 0 Å². The maximum absolute atomic E-state index is 13.3. The van der Waals surface area contributed by atoms with E-state index in [0.717, 1.165) is 25.4 Å². The van der Waals surface area contributed by atoms with Gasteiger partial charge in [0, 0.05) is 38.3 Å². The number of rotatable bonds is 4. The number of halogens is 1. The highest BCUT2D eigenvalue weighted by molar-refractivity contribution is 6.27. The summed E-state index contributed by atoms with van der Waals surface area (Å²) in [4.78, 5) is 34.7. The molecule has 0 saturated carbocycles. The zero-order valence-corrected chi connectivity index (χ0v) is 16.5. The van der Waals surface area contributed by atoms with E-state index in [1.807, 2.05) is 18.2 Å². The monoisotopic (exact) mass is 418 g/mol. The zero-order valence-electron chi connectivity index (χ0n) is 16.5. The molecule has 0 bridgehead atoms. The smallest absolute Gasteiger partial charge is 0.414 e. The predicted molar refractivity (Wildman–Crippen MR) is 106 cm³/mol. The molecule has 1 aliphatic rings. The van der Waals surface area contributed by atoms with Gasteiger partial charge in [-0.2, -0.15) is 0 Å². The standard InChI is InChI=1S/C19H21FN2O2.C2H2O4/c1-24-18-7-2-4-15(12-18)14-21-8-10-22(11-9-21)19(23)16-5-3-6-17(20)13-16;3-1(4)2(5)6/h2-7,12-13H,8-11,14H2,1H3;(H,3,4)(H,5,6). The molecular formula is C21H23FN2O6. The van der Waals surface area contributed by atoms with Crippen LogP contribution in [0.2, 0.25) is 0 Å². The lowest BCUT2D eigenvalue weighted by atomic mass is 10.1. The van der Waals surface area contributed by atoms with Crippen molar-refractivity contribution in [3.8, 4) is 5.75 Å². The lowest BCUT2D eigenvalue weighted by Gasteiger charge is -2.34. The number of ether oxygens (including phenoxy) is 1. The molecule has 1 saturated heterocycles.